The van der Waals surface area contributed by atoms with Gasteiger partial charge in [0.2, 0.25) is 0 Å². The maximum absolute atomic E-state index is 5.81. The standard InChI is InChI=1S/C14H23NO3/c1-4-9-17-12-5-7-13(8-6-12)18-14(10-15-2)11-16-3/h5-8,14-15H,4,9-11H2,1-3H3. The Morgan fingerprint density at radius 3 is 2.39 bits per heavy atom. The van der Waals surface area contributed by atoms with Crippen LogP contribution in [0.3, 0.4) is 0 Å². The Balaban J connectivity index is 2.50. The van der Waals surface area contributed by atoms with Crippen molar-refractivity contribution in [1.29, 1.82) is 0 Å². The molecule has 102 valence electrons. The van der Waals surface area contributed by atoms with Gasteiger partial charge in [-0.25, -0.2) is 0 Å². The highest BCUT2D eigenvalue weighted by Gasteiger charge is 2.09. The lowest BCUT2D eigenvalue weighted by atomic mass is 10.3. The Labute approximate surface area is 109 Å². The molecule has 0 fully saturated rings. The SMILES string of the molecule is CCCOc1ccc(OC(CNC)COC)cc1. The second kappa shape index (κ2) is 8.78. The number of hydrogen-bond donors (Lipinski definition) is 1. The van der Waals surface area contributed by atoms with Gasteiger partial charge < -0.3 is 19.5 Å². The molecule has 0 radical (unpaired) electrons. The number of ether oxygens (including phenoxy) is 3. The van der Waals surface area contributed by atoms with Gasteiger partial charge in [0.1, 0.15) is 17.6 Å². The molecule has 18 heavy (non-hydrogen) atoms. The summed E-state index contributed by atoms with van der Waals surface area (Å²) < 4.78 is 16.4. The summed E-state index contributed by atoms with van der Waals surface area (Å²) in [5.41, 5.74) is 0. The largest absolute Gasteiger partial charge is 0.494 e. The van der Waals surface area contributed by atoms with Gasteiger partial charge in [0.15, 0.2) is 0 Å². The summed E-state index contributed by atoms with van der Waals surface area (Å²) in [4.78, 5) is 0. The number of likely N-dealkylation sites (N-methyl/N-ethyl adjacent to an activating group) is 1. The van der Waals surface area contributed by atoms with E-state index in [4.69, 9.17) is 14.2 Å². The van der Waals surface area contributed by atoms with E-state index in [-0.39, 0.29) is 6.10 Å². The van der Waals surface area contributed by atoms with E-state index in [0.717, 1.165) is 31.1 Å². The van der Waals surface area contributed by atoms with E-state index in [1.54, 1.807) is 7.11 Å². The van der Waals surface area contributed by atoms with Crippen LogP contribution >= 0.6 is 0 Å². The molecule has 4 nitrogen and oxygen atoms in total. The molecule has 1 N–H and O–H groups in total. The molecule has 0 amide bonds. The van der Waals surface area contributed by atoms with Crippen LogP contribution < -0.4 is 14.8 Å². The lowest BCUT2D eigenvalue weighted by Crippen LogP contribution is -2.33. The van der Waals surface area contributed by atoms with Crippen LogP contribution in [0.15, 0.2) is 24.3 Å². The molecule has 0 spiro atoms. The van der Waals surface area contributed by atoms with Gasteiger partial charge in [-0.1, -0.05) is 6.92 Å². The Morgan fingerprint density at radius 1 is 1.17 bits per heavy atom. The fourth-order valence-corrected chi connectivity index (χ4v) is 1.57. The molecule has 0 aliphatic rings. The number of methoxy groups -OCH3 is 1. The highest BCUT2D eigenvalue weighted by atomic mass is 16.5. The maximum atomic E-state index is 5.81. The van der Waals surface area contributed by atoms with Gasteiger partial charge in [0.05, 0.1) is 13.2 Å². The predicted molar refractivity (Wildman–Crippen MR) is 72.4 cm³/mol. The molecule has 1 aromatic rings. The molecule has 0 bridgehead atoms. The minimum Gasteiger partial charge on any atom is -0.494 e. The van der Waals surface area contributed by atoms with Crippen LogP contribution in [-0.2, 0) is 4.74 Å². The average Bonchev–Trinajstić information content (AvgIpc) is 2.38. The molecule has 0 saturated heterocycles. The molecule has 0 saturated carbocycles. The van der Waals surface area contributed by atoms with Gasteiger partial charge in [-0.05, 0) is 37.7 Å². The van der Waals surface area contributed by atoms with Crippen LogP contribution in [0, 0.1) is 0 Å². The molecule has 1 aromatic carbocycles. The van der Waals surface area contributed by atoms with E-state index in [0.29, 0.717) is 6.61 Å². The van der Waals surface area contributed by atoms with Crippen LogP contribution in [-0.4, -0.2) is 40.0 Å². The molecule has 0 aliphatic heterocycles. The predicted octanol–water partition coefficient (Wildman–Crippen LogP) is 2.09. The number of rotatable bonds is 9. The van der Waals surface area contributed by atoms with E-state index < -0.39 is 0 Å². The Kier molecular flexibility index (Phi) is 7.22. The van der Waals surface area contributed by atoms with E-state index in [2.05, 4.69) is 12.2 Å². The summed E-state index contributed by atoms with van der Waals surface area (Å²) in [6.45, 7) is 4.15. The van der Waals surface area contributed by atoms with Gasteiger partial charge in [-0.2, -0.15) is 0 Å². The number of hydrogen-bond acceptors (Lipinski definition) is 4. The molecule has 0 aromatic heterocycles. The van der Waals surface area contributed by atoms with Gasteiger partial charge in [0, 0.05) is 13.7 Å². The Bertz CT molecular complexity index is 307. The molecular formula is C14H23NO3. The van der Waals surface area contributed by atoms with Crippen LogP contribution in [0.25, 0.3) is 0 Å². The van der Waals surface area contributed by atoms with Crippen molar-refractivity contribution in [3.8, 4) is 11.5 Å². The molecule has 0 heterocycles. The molecule has 1 rings (SSSR count). The zero-order chi connectivity index (χ0) is 13.2. The molecule has 1 atom stereocenters. The second-order valence-corrected chi connectivity index (χ2v) is 4.07. The maximum Gasteiger partial charge on any atom is 0.134 e. The van der Waals surface area contributed by atoms with Crippen LogP contribution in [0.4, 0.5) is 0 Å². The molecule has 1 unspecified atom stereocenters. The highest BCUT2D eigenvalue weighted by molar-refractivity contribution is 5.31. The Hall–Kier alpha value is -1.26. The van der Waals surface area contributed by atoms with Crippen molar-refractivity contribution in [2.24, 2.45) is 0 Å². The summed E-state index contributed by atoms with van der Waals surface area (Å²) in [5.74, 6) is 1.71. The van der Waals surface area contributed by atoms with E-state index in [1.165, 1.54) is 0 Å². The minimum absolute atomic E-state index is 0.0161. The van der Waals surface area contributed by atoms with Gasteiger partial charge >= 0.3 is 0 Å². The summed E-state index contributed by atoms with van der Waals surface area (Å²) in [6, 6.07) is 7.69. The third-order valence-corrected chi connectivity index (χ3v) is 2.38. The van der Waals surface area contributed by atoms with Gasteiger partial charge in [-0.15, -0.1) is 0 Å². The van der Waals surface area contributed by atoms with Crippen molar-refractivity contribution in [2.45, 2.75) is 19.4 Å². The first-order valence-corrected chi connectivity index (χ1v) is 6.33. The van der Waals surface area contributed by atoms with Gasteiger partial charge in [-0.3, -0.25) is 0 Å². The van der Waals surface area contributed by atoms with Crippen molar-refractivity contribution in [1.82, 2.24) is 5.32 Å². The third kappa shape index (κ3) is 5.38. The topological polar surface area (TPSA) is 39.7 Å². The minimum atomic E-state index is 0.0161. The summed E-state index contributed by atoms with van der Waals surface area (Å²) in [6.07, 6.45) is 1.03. The first kappa shape index (κ1) is 14.8. The van der Waals surface area contributed by atoms with E-state index in [9.17, 15) is 0 Å². The van der Waals surface area contributed by atoms with Crippen molar-refractivity contribution in [3.05, 3.63) is 24.3 Å². The second-order valence-electron chi connectivity index (χ2n) is 4.07. The zero-order valence-corrected chi connectivity index (χ0v) is 11.4. The lowest BCUT2D eigenvalue weighted by molar-refractivity contribution is 0.0818. The quantitative estimate of drug-likeness (QED) is 0.731. The average molecular weight is 253 g/mol. The highest BCUT2D eigenvalue weighted by Crippen LogP contribution is 2.18. The Morgan fingerprint density at radius 2 is 1.83 bits per heavy atom. The fourth-order valence-electron chi connectivity index (χ4n) is 1.57. The summed E-state index contributed by atoms with van der Waals surface area (Å²) in [7, 11) is 3.57. The van der Waals surface area contributed by atoms with Crippen molar-refractivity contribution in [2.75, 3.05) is 33.9 Å². The van der Waals surface area contributed by atoms with Crippen LogP contribution in [0.2, 0.25) is 0 Å². The normalized spacial score (nSPS) is 12.2. The van der Waals surface area contributed by atoms with E-state index in [1.807, 2.05) is 31.3 Å². The van der Waals surface area contributed by atoms with E-state index >= 15 is 0 Å². The monoisotopic (exact) mass is 253 g/mol. The smallest absolute Gasteiger partial charge is 0.134 e. The molecule has 4 heteroatoms. The molecule has 0 aliphatic carbocycles. The first-order valence-electron chi connectivity index (χ1n) is 6.33. The van der Waals surface area contributed by atoms with Crippen molar-refractivity contribution >= 4 is 0 Å². The summed E-state index contributed by atoms with van der Waals surface area (Å²) >= 11 is 0. The lowest BCUT2D eigenvalue weighted by Gasteiger charge is -2.18. The van der Waals surface area contributed by atoms with Crippen LogP contribution in [0.1, 0.15) is 13.3 Å². The van der Waals surface area contributed by atoms with Crippen molar-refractivity contribution in [3.63, 3.8) is 0 Å². The molecular weight excluding hydrogens is 230 g/mol. The van der Waals surface area contributed by atoms with Gasteiger partial charge in [0.25, 0.3) is 0 Å². The third-order valence-electron chi connectivity index (χ3n) is 2.38. The number of nitrogens with one attached hydrogen (secondary N) is 1. The van der Waals surface area contributed by atoms with Crippen LogP contribution in [0.5, 0.6) is 11.5 Å². The van der Waals surface area contributed by atoms with Crippen molar-refractivity contribution < 1.29 is 14.2 Å². The zero-order valence-electron chi connectivity index (χ0n) is 11.4. The fraction of sp³-hybridized carbons (Fsp3) is 0.571. The first-order chi connectivity index (χ1) is 8.80. The summed E-state index contributed by atoms with van der Waals surface area (Å²) in [5, 5.41) is 3.08. The number of benzene rings is 1.